The van der Waals surface area contributed by atoms with Crippen molar-refractivity contribution in [2.75, 3.05) is 26.7 Å². The number of alkyl halides is 3. The quantitative estimate of drug-likeness (QED) is 0.555. The average molecular weight is 356 g/mol. The van der Waals surface area contributed by atoms with E-state index in [4.69, 9.17) is 4.74 Å². The van der Waals surface area contributed by atoms with Crippen molar-refractivity contribution in [2.45, 2.75) is 38.6 Å². The van der Waals surface area contributed by atoms with Gasteiger partial charge in [-0.1, -0.05) is 13.0 Å². The highest BCUT2D eigenvalue weighted by Gasteiger charge is 2.62. The molecule has 0 aliphatic carbocycles. The van der Waals surface area contributed by atoms with Gasteiger partial charge in [0.25, 0.3) is 0 Å². The smallest absolute Gasteiger partial charge is 0.361 e. The molecule has 1 aromatic carbocycles. The summed E-state index contributed by atoms with van der Waals surface area (Å²) in [6, 6.07) is 2.91. The molecule has 1 saturated heterocycles. The Labute approximate surface area is 145 Å². The van der Waals surface area contributed by atoms with E-state index < -0.39 is 11.8 Å². The maximum atomic E-state index is 13.5. The molecule has 0 N–H and O–H groups in total. The number of halogens is 3. The number of aliphatic imine (C=N–C) groups is 1. The maximum Gasteiger partial charge on any atom is 0.421 e. The van der Waals surface area contributed by atoms with Crippen molar-refractivity contribution in [3.05, 3.63) is 34.4 Å². The van der Waals surface area contributed by atoms with Crippen LogP contribution in [0.25, 0.3) is 0 Å². The zero-order valence-corrected chi connectivity index (χ0v) is 14.7. The van der Waals surface area contributed by atoms with Crippen molar-refractivity contribution in [3.63, 3.8) is 0 Å². The molecule has 0 bridgehead atoms. The SMILES string of the molecule is CCN(C)CC=NCc1cc(C=O)c(C2(C(F)(F)F)CCO2)cc1C. The molecule has 0 saturated carbocycles. The molecule has 25 heavy (non-hydrogen) atoms. The highest BCUT2D eigenvalue weighted by Crippen LogP contribution is 2.51. The Morgan fingerprint density at radius 3 is 2.56 bits per heavy atom. The van der Waals surface area contributed by atoms with Crippen LogP contribution >= 0.6 is 0 Å². The zero-order valence-electron chi connectivity index (χ0n) is 14.7. The highest BCUT2D eigenvalue weighted by molar-refractivity contribution is 5.79. The molecule has 138 valence electrons. The van der Waals surface area contributed by atoms with Crippen molar-refractivity contribution in [1.29, 1.82) is 0 Å². The molecular weight excluding hydrogens is 333 g/mol. The summed E-state index contributed by atoms with van der Waals surface area (Å²) >= 11 is 0. The van der Waals surface area contributed by atoms with Crippen LogP contribution in [-0.2, 0) is 16.9 Å². The number of aldehydes is 1. The third-order valence-electron chi connectivity index (χ3n) is 4.65. The van der Waals surface area contributed by atoms with Crippen molar-refractivity contribution in [3.8, 4) is 0 Å². The lowest BCUT2D eigenvalue weighted by Crippen LogP contribution is -2.53. The number of benzene rings is 1. The first-order valence-corrected chi connectivity index (χ1v) is 8.22. The van der Waals surface area contributed by atoms with Gasteiger partial charge in [-0.05, 0) is 37.7 Å². The monoisotopic (exact) mass is 356 g/mol. The van der Waals surface area contributed by atoms with Crippen LogP contribution in [0.5, 0.6) is 0 Å². The summed E-state index contributed by atoms with van der Waals surface area (Å²) < 4.78 is 45.4. The summed E-state index contributed by atoms with van der Waals surface area (Å²) in [6.45, 7) is 5.71. The van der Waals surface area contributed by atoms with Gasteiger partial charge in [0.2, 0.25) is 0 Å². The van der Waals surface area contributed by atoms with Gasteiger partial charge in [0, 0.05) is 30.3 Å². The van der Waals surface area contributed by atoms with E-state index in [2.05, 4.69) is 9.89 Å². The Hall–Kier alpha value is -1.73. The van der Waals surface area contributed by atoms with Gasteiger partial charge in [-0.3, -0.25) is 9.79 Å². The minimum atomic E-state index is -4.56. The third kappa shape index (κ3) is 3.93. The second kappa shape index (κ2) is 7.66. The first kappa shape index (κ1) is 19.6. The van der Waals surface area contributed by atoms with Crippen LogP contribution in [0.3, 0.4) is 0 Å². The Balaban J connectivity index is 2.28. The van der Waals surface area contributed by atoms with Crippen LogP contribution in [0.4, 0.5) is 13.2 Å². The molecule has 0 spiro atoms. The molecule has 1 fully saturated rings. The van der Waals surface area contributed by atoms with Crippen LogP contribution in [0.1, 0.15) is 40.4 Å². The Kier molecular flexibility index (Phi) is 6.00. The summed E-state index contributed by atoms with van der Waals surface area (Å²) in [6.07, 6.45) is -2.50. The lowest BCUT2D eigenvalue weighted by atomic mass is 9.81. The molecule has 1 heterocycles. The van der Waals surface area contributed by atoms with E-state index in [1.807, 2.05) is 14.0 Å². The average Bonchev–Trinajstić information content (AvgIpc) is 2.50. The number of aryl methyl sites for hydroxylation is 1. The number of hydrogen-bond donors (Lipinski definition) is 0. The summed E-state index contributed by atoms with van der Waals surface area (Å²) in [7, 11) is 1.96. The van der Waals surface area contributed by atoms with E-state index in [1.54, 1.807) is 13.1 Å². The van der Waals surface area contributed by atoms with Gasteiger partial charge >= 0.3 is 6.18 Å². The van der Waals surface area contributed by atoms with Crippen LogP contribution in [0, 0.1) is 6.92 Å². The summed E-state index contributed by atoms with van der Waals surface area (Å²) in [5.74, 6) is 0. The molecule has 1 aliphatic heterocycles. The topological polar surface area (TPSA) is 41.9 Å². The van der Waals surface area contributed by atoms with Gasteiger partial charge in [-0.2, -0.15) is 13.2 Å². The molecular formula is C18H23F3N2O2. The maximum absolute atomic E-state index is 13.5. The summed E-state index contributed by atoms with van der Waals surface area (Å²) in [5, 5.41) is 0. The van der Waals surface area contributed by atoms with Crippen LogP contribution < -0.4 is 0 Å². The summed E-state index contributed by atoms with van der Waals surface area (Å²) in [4.78, 5) is 17.8. The molecule has 4 nitrogen and oxygen atoms in total. The van der Waals surface area contributed by atoms with Crippen LogP contribution in [0.15, 0.2) is 17.1 Å². The van der Waals surface area contributed by atoms with E-state index in [1.165, 1.54) is 12.1 Å². The largest absolute Gasteiger partial charge is 0.421 e. The Morgan fingerprint density at radius 1 is 1.40 bits per heavy atom. The van der Waals surface area contributed by atoms with E-state index in [9.17, 15) is 18.0 Å². The number of carbonyl (C=O) groups excluding carboxylic acids is 1. The van der Waals surface area contributed by atoms with E-state index >= 15 is 0 Å². The Bertz CT molecular complexity index is 652. The van der Waals surface area contributed by atoms with Crippen molar-refractivity contribution in [1.82, 2.24) is 4.90 Å². The fourth-order valence-electron chi connectivity index (χ4n) is 2.77. The van der Waals surface area contributed by atoms with Crippen molar-refractivity contribution < 1.29 is 22.7 Å². The molecule has 1 aromatic rings. The molecule has 7 heteroatoms. The van der Waals surface area contributed by atoms with Crippen molar-refractivity contribution >= 4 is 12.5 Å². The van der Waals surface area contributed by atoms with Gasteiger partial charge in [-0.15, -0.1) is 0 Å². The minimum absolute atomic E-state index is 0.0125. The fraction of sp³-hybridized carbons (Fsp3) is 0.556. The van der Waals surface area contributed by atoms with Crippen LogP contribution in [0.2, 0.25) is 0 Å². The van der Waals surface area contributed by atoms with Gasteiger partial charge in [-0.25, -0.2) is 0 Å². The molecule has 0 aromatic heterocycles. The fourth-order valence-corrected chi connectivity index (χ4v) is 2.77. The zero-order chi connectivity index (χ0) is 18.7. The minimum Gasteiger partial charge on any atom is -0.361 e. The number of rotatable bonds is 7. The van der Waals surface area contributed by atoms with Gasteiger partial charge in [0.1, 0.15) is 6.29 Å². The molecule has 1 aliphatic rings. The van der Waals surface area contributed by atoms with E-state index in [-0.39, 0.29) is 24.2 Å². The Morgan fingerprint density at radius 2 is 2.08 bits per heavy atom. The second-order valence-corrected chi connectivity index (χ2v) is 6.29. The van der Waals surface area contributed by atoms with E-state index in [0.29, 0.717) is 24.9 Å². The van der Waals surface area contributed by atoms with Gasteiger partial charge in [0.05, 0.1) is 13.2 Å². The first-order chi connectivity index (χ1) is 11.7. The molecule has 0 radical (unpaired) electrons. The predicted molar refractivity (Wildman–Crippen MR) is 90.2 cm³/mol. The highest BCUT2D eigenvalue weighted by atomic mass is 19.4. The van der Waals surface area contributed by atoms with Crippen LogP contribution in [-0.4, -0.2) is 50.3 Å². The summed E-state index contributed by atoms with van der Waals surface area (Å²) in [5.41, 5.74) is -1.05. The molecule has 0 amide bonds. The third-order valence-corrected chi connectivity index (χ3v) is 4.65. The van der Waals surface area contributed by atoms with Gasteiger partial charge in [0.15, 0.2) is 5.60 Å². The van der Waals surface area contributed by atoms with Crippen molar-refractivity contribution in [2.24, 2.45) is 4.99 Å². The lowest BCUT2D eigenvalue weighted by Gasteiger charge is -2.44. The normalized spacial score (nSPS) is 20.9. The number of hydrogen-bond acceptors (Lipinski definition) is 4. The number of ether oxygens (including phenoxy) is 1. The molecule has 1 atom stereocenters. The first-order valence-electron chi connectivity index (χ1n) is 8.22. The molecule has 1 unspecified atom stereocenters. The van der Waals surface area contributed by atoms with Gasteiger partial charge < -0.3 is 9.64 Å². The van der Waals surface area contributed by atoms with E-state index in [0.717, 1.165) is 12.1 Å². The predicted octanol–water partition coefficient (Wildman–Crippen LogP) is 3.51. The standard InChI is InChI=1S/C18H23F3N2O2/c1-4-23(3)7-6-22-11-14-10-15(12-24)16(9-13(14)2)17(5-8-25-17)18(19,20)21/h6,9-10,12H,4-5,7-8,11H2,1-3H3. The molecule has 2 rings (SSSR count). The second-order valence-electron chi connectivity index (χ2n) is 6.29. The lowest BCUT2D eigenvalue weighted by molar-refractivity contribution is -0.333. The number of carbonyl (C=O) groups is 1. The number of nitrogens with zero attached hydrogens (tertiary/aromatic N) is 2.